The minimum atomic E-state index is 0.388. The lowest BCUT2D eigenvalue weighted by Gasteiger charge is -2.38. The number of aromatic hydroxyl groups is 1. The molecule has 5 heteroatoms. The SMILES string of the molecule is CN(N=Cc1cc[n+](C)c2ccccc12)c1cc2c3c(c1O)CCCN3CCC2. The van der Waals surface area contributed by atoms with Crippen LogP contribution in [0.2, 0.25) is 0 Å². The monoisotopic (exact) mass is 387 g/mol. The maximum atomic E-state index is 11.0. The van der Waals surface area contributed by atoms with Crippen LogP contribution in [0.25, 0.3) is 10.9 Å². The Bertz CT molecular complexity index is 1120. The van der Waals surface area contributed by atoms with Gasteiger partial charge in [-0.2, -0.15) is 5.10 Å². The number of aromatic nitrogens is 1. The van der Waals surface area contributed by atoms with E-state index in [4.69, 9.17) is 5.10 Å². The molecule has 0 aliphatic carbocycles. The molecule has 0 saturated heterocycles. The van der Waals surface area contributed by atoms with Gasteiger partial charge >= 0.3 is 0 Å². The molecule has 29 heavy (non-hydrogen) atoms. The number of pyridine rings is 1. The Morgan fingerprint density at radius 1 is 1.14 bits per heavy atom. The van der Waals surface area contributed by atoms with Gasteiger partial charge in [0.25, 0.3) is 0 Å². The Morgan fingerprint density at radius 3 is 2.79 bits per heavy atom. The third kappa shape index (κ3) is 3.01. The van der Waals surface area contributed by atoms with Gasteiger partial charge in [-0.15, -0.1) is 0 Å². The molecule has 2 aliphatic heterocycles. The van der Waals surface area contributed by atoms with Gasteiger partial charge in [0.05, 0.1) is 11.6 Å². The molecule has 3 aromatic rings. The van der Waals surface area contributed by atoms with Gasteiger partial charge in [0.2, 0.25) is 5.52 Å². The van der Waals surface area contributed by atoms with Crippen molar-refractivity contribution in [3.63, 3.8) is 0 Å². The topological polar surface area (TPSA) is 43.0 Å². The van der Waals surface area contributed by atoms with Crippen molar-refractivity contribution >= 4 is 28.5 Å². The Labute approximate surface area is 171 Å². The molecule has 0 atom stereocenters. The van der Waals surface area contributed by atoms with E-state index >= 15 is 0 Å². The Kier molecular flexibility index (Phi) is 4.38. The van der Waals surface area contributed by atoms with Crippen molar-refractivity contribution in [1.29, 1.82) is 0 Å². The summed E-state index contributed by atoms with van der Waals surface area (Å²) in [5, 5.41) is 18.7. The lowest BCUT2D eigenvalue weighted by Crippen LogP contribution is -2.34. The van der Waals surface area contributed by atoms with Crippen molar-refractivity contribution in [2.75, 3.05) is 30.0 Å². The van der Waals surface area contributed by atoms with Crippen LogP contribution >= 0.6 is 0 Å². The molecule has 148 valence electrons. The number of anilines is 2. The highest BCUT2D eigenvalue weighted by Gasteiger charge is 2.28. The first-order chi connectivity index (χ1) is 14.1. The fraction of sp³-hybridized carbons (Fsp3) is 0.333. The third-order valence-electron chi connectivity index (χ3n) is 6.27. The number of nitrogens with zero attached hydrogens (tertiary/aromatic N) is 4. The first kappa shape index (κ1) is 18.0. The lowest BCUT2D eigenvalue weighted by molar-refractivity contribution is -0.644. The van der Waals surface area contributed by atoms with Crippen LogP contribution in [0.1, 0.15) is 29.5 Å². The van der Waals surface area contributed by atoms with Gasteiger partial charge in [-0.05, 0) is 43.4 Å². The van der Waals surface area contributed by atoms with Crippen LogP contribution in [0.5, 0.6) is 5.75 Å². The van der Waals surface area contributed by atoms with Crippen LogP contribution in [-0.2, 0) is 19.9 Å². The molecule has 5 nitrogen and oxygen atoms in total. The lowest BCUT2D eigenvalue weighted by atomic mass is 9.90. The zero-order valence-corrected chi connectivity index (χ0v) is 17.1. The second-order valence-electron chi connectivity index (χ2n) is 8.09. The van der Waals surface area contributed by atoms with Gasteiger partial charge < -0.3 is 10.0 Å². The molecule has 2 aliphatic rings. The zero-order valence-electron chi connectivity index (χ0n) is 17.1. The van der Waals surface area contributed by atoms with Crippen molar-refractivity contribution in [2.24, 2.45) is 12.1 Å². The maximum Gasteiger partial charge on any atom is 0.212 e. The van der Waals surface area contributed by atoms with E-state index in [1.807, 2.05) is 13.3 Å². The number of fused-ring (bicyclic) bond motifs is 1. The van der Waals surface area contributed by atoms with Crippen LogP contribution in [0, 0.1) is 0 Å². The summed E-state index contributed by atoms with van der Waals surface area (Å²) >= 11 is 0. The van der Waals surface area contributed by atoms with E-state index in [0.717, 1.165) is 54.6 Å². The summed E-state index contributed by atoms with van der Waals surface area (Å²) in [7, 11) is 3.97. The van der Waals surface area contributed by atoms with Gasteiger partial charge in [-0.25, -0.2) is 4.57 Å². The molecule has 0 spiro atoms. The summed E-state index contributed by atoms with van der Waals surface area (Å²) in [4.78, 5) is 2.44. The largest absolute Gasteiger partial charge is 0.505 e. The second-order valence-corrected chi connectivity index (χ2v) is 8.09. The van der Waals surface area contributed by atoms with Crippen molar-refractivity contribution in [3.8, 4) is 5.75 Å². The minimum absolute atomic E-state index is 0.388. The van der Waals surface area contributed by atoms with E-state index in [9.17, 15) is 5.11 Å². The van der Waals surface area contributed by atoms with Gasteiger partial charge in [-0.1, -0.05) is 12.1 Å². The molecule has 2 aromatic carbocycles. The fourth-order valence-electron chi connectivity index (χ4n) is 4.78. The molecule has 0 fully saturated rings. The first-order valence-corrected chi connectivity index (χ1v) is 10.4. The Balaban J connectivity index is 1.52. The number of benzene rings is 2. The van der Waals surface area contributed by atoms with Gasteiger partial charge in [-0.3, -0.25) is 5.01 Å². The third-order valence-corrected chi connectivity index (χ3v) is 6.27. The summed E-state index contributed by atoms with van der Waals surface area (Å²) in [6.07, 6.45) is 8.23. The van der Waals surface area contributed by atoms with E-state index in [1.165, 1.54) is 23.2 Å². The number of aryl methyl sites for hydroxylation is 2. The molecular formula is C24H27N4O+. The summed E-state index contributed by atoms with van der Waals surface area (Å²) < 4.78 is 2.11. The number of phenols is 1. The van der Waals surface area contributed by atoms with Gasteiger partial charge in [0.15, 0.2) is 6.20 Å². The smallest absolute Gasteiger partial charge is 0.212 e. The van der Waals surface area contributed by atoms with E-state index in [-0.39, 0.29) is 0 Å². The van der Waals surface area contributed by atoms with Crippen molar-refractivity contribution in [2.45, 2.75) is 25.7 Å². The Morgan fingerprint density at radius 2 is 1.93 bits per heavy atom. The summed E-state index contributed by atoms with van der Waals surface area (Å²) in [5.41, 5.74) is 6.75. The second kappa shape index (κ2) is 7.07. The summed E-state index contributed by atoms with van der Waals surface area (Å²) in [6.45, 7) is 2.20. The molecular weight excluding hydrogens is 360 g/mol. The molecule has 5 rings (SSSR count). The number of phenolic OH excluding ortho intramolecular Hbond substituents is 1. The summed E-state index contributed by atoms with van der Waals surface area (Å²) in [5.74, 6) is 0.388. The first-order valence-electron chi connectivity index (χ1n) is 10.4. The Hall–Kier alpha value is -3.08. The number of rotatable bonds is 3. The quantitative estimate of drug-likeness (QED) is 0.425. The van der Waals surface area contributed by atoms with Crippen LogP contribution in [0.15, 0.2) is 47.7 Å². The highest BCUT2D eigenvalue weighted by Crippen LogP contribution is 2.45. The molecule has 0 amide bonds. The normalized spacial score (nSPS) is 15.7. The standard InChI is InChI=1S/C24H26N4O/c1-26-14-11-18(19-8-3-4-10-21(19)26)16-25-27(2)22-15-17-7-5-12-28-13-6-9-20(23(17)28)24(22)29/h3-4,8,10-11,14-16H,5-7,9,12-13H2,1-2H3/p+1. The average Bonchev–Trinajstić information content (AvgIpc) is 2.76. The predicted molar refractivity (Wildman–Crippen MR) is 118 cm³/mol. The van der Waals surface area contributed by atoms with E-state index in [2.05, 4.69) is 59.1 Å². The van der Waals surface area contributed by atoms with E-state index in [0.29, 0.717) is 5.75 Å². The van der Waals surface area contributed by atoms with Crippen LogP contribution in [-0.4, -0.2) is 31.5 Å². The van der Waals surface area contributed by atoms with Crippen LogP contribution in [0.4, 0.5) is 11.4 Å². The van der Waals surface area contributed by atoms with Gasteiger partial charge in [0, 0.05) is 49.1 Å². The highest BCUT2D eigenvalue weighted by molar-refractivity contribution is 5.97. The molecule has 1 N–H and O–H groups in total. The molecule has 3 heterocycles. The number of hydrogen-bond donors (Lipinski definition) is 1. The number of para-hydroxylation sites is 1. The van der Waals surface area contributed by atoms with E-state index < -0.39 is 0 Å². The van der Waals surface area contributed by atoms with Crippen LogP contribution in [0.3, 0.4) is 0 Å². The molecule has 1 aromatic heterocycles. The predicted octanol–water partition coefficient (Wildman–Crippen LogP) is 3.54. The molecule has 0 bridgehead atoms. The minimum Gasteiger partial charge on any atom is -0.505 e. The van der Waals surface area contributed by atoms with E-state index in [1.54, 1.807) is 5.01 Å². The van der Waals surface area contributed by atoms with Crippen molar-refractivity contribution in [1.82, 2.24) is 0 Å². The van der Waals surface area contributed by atoms with Crippen molar-refractivity contribution in [3.05, 3.63) is 59.3 Å². The maximum absolute atomic E-state index is 11.0. The number of hydrogen-bond acceptors (Lipinski definition) is 4. The fourth-order valence-corrected chi connectivity index (χ4v) is 4.78. The molecule has 0 radical (unpaired) electrons. The highest BCUT2D eigenvalue weighted by atomic mass is 16.3. The van der Waals surface area contributed by atoms with Crippen molar-refractivity contribution < 1.29 is 9.67 Å². The van der Waals surface area contributed by atoms with Crippen LogP contribution < -0.4 is 14.5 Å². The molecule has 0 unspecified atom stereocenters. The number of hydrazone groups is 1. The zero-order chi connectivity index (χ0) is 20.0. The average molecular weight is 388 g/mol. The summed E-state index contributed by atoms with van der Waals surface area (Å²) in [6, 6.07) is 12.5. The van der Waals surface area contributed by atoms with Gasteiger partial charge in [0.1, 0.15) is 18.5 Å². The molecule has 0 saturated carbocycles.